The number of carbonyl (C=O) groups is 1. The van der Waals surface area contributed by atoms with Gasteiger partial charge in [0.1, 0.15) is 5.69 Å². The van der Waals surface area contributed by atoms with Crippen molar-refractivity contribution in [3.05, 3.63) is 11.4 Å². The van der Waals surface area contributed by atoms with Crippen molar-refractivity contribution < 1.29 is 9.53 Å². The van der Waals surface area contributed by atoms with E-state index in [4.69, 9.17) is 4.74 Å². The summed E-state index contributed by atoms with van der Waals surface area (Å²) < 4.78 is 5.07. The van der Waals surface area contributed by atoms with Gasteiger partial charge in [-0.3, -0.25) is 4.79 Å². The van der Waals surface area contributed by atoms with Crippen LogP contribution >= 0.6 is 0 Å². The van der Waals surface area contributed by atoms with E-state index in [1.54, 1.807) is 7.11 Å². The first kappa shape index (κ1) is 15.9. The second-order valence-corrected chi connectivity index (χ2v) is 6.61. The molecule has 1 atom stereocenters. The lowest BCUT2D eigenvalue weighted by Crippen LogP contribution is -2.43. The van der Waals surface area contributed by atoms with E-state index < -0.39 is 0 Å². The predicted molar refractivity (Wildman–Crippen MR) is 78.9 cm³/mol. The topological polar surface area (TPSA) is 74.3 Å². The third kappa shape index (κ3) is 3.41. The Balaban J connectivity index is 2.16. The molecule has 0 saturated carbocycles. The molecule has 1 unspecified atom stereocenters. The molecule has 1 saturated heterocycles. The normalized spacial score (nSPS) is 21.2. The first-order valence-electron chi connectivity index (χ1n) is 7.20. The quantitative estimate of drug-likeness (QED) is 0.868. The van der Waals surface area contributed by atoms with Gasteiger partial charge in [0, 0.05) is 25.7 Å². The number of aromatic amines is 1. The lowest BCUT2D eigenvalue weighted by Gasteiger charge is -2.31. The summed E-state index contributed by atoms with van der Waals surface area (Å²) in [5, 5.41) is 10.5. The van der Waals surface area contributed by atoms with Gasteiger partial charge in [-0.1, -0.05) is 0 Å². The van der Waals surface area contributed by atoms with Crippen LogP contribution in [-0.2, 0) is 11.3 Å². The van der Waals surface area contributed by atoms with E-state index in [1.807, 2.05) is 4.90 Å². The summed E-state index contributed by atoms with van der Waals surface area (Å²) in [7, 11) is 5.70. The number of ether oxygens (including phenoxy) is 1. The van der Waals surface area contributed by atoms with Crippen LogP contribution in [0.3, 0.4) is 0 Å². The van der Waals surface area contributed by atoms with E-state index in [-0.39, 0.29) is 18.1 Å². The third-order valence-corrected chi connectivity index (χ3v) is 3.93. The maximum absolute atomic E-state index is 12.8. The fourth-order valence-electron chi connectivity index (χ4n) is 3.17. The van der Waals surface area contributed by atoms with Crippen molar-refractivity contribution in [1.29, 1.82) is 0 Å². The molecule has 1 aliphatic rings. The molecule has 21 heavy (non-hydrogen) atoms. The molecule has 1 fully saturated rings. The Hall–Kier alpha value is -1.47. The van der Waals surface area contributed by atoms with E-state index in [2.05, 4.69) is 48.3 Å². The van der Waals surface area contributed by atoms with Crippen LogP contribution in [0.5, 0.6) is 0 Å². The van der Waals surface area contributed by atoms with Gasteiger partial charge in [-0.15, -0.1) is 0 Å². The van der Waals surface area contributed by atoms with Crippen molar-refractivity contribution in [3.63, 3.8) is 0 Å². The molecule has 7 heteroatoms. The second-order valence-electron chi connectivity index (χ2n) is 6.61. The lowest BCUT2D eigenvalue weighted by molar-refractivity contribution is 0.0638. The number of methoxy groups -OCH3 is 1. The summed E-state index contributed by atoms with van der Waals surface area (Å²) in [4.78, 5) is 16.9. The van der Waals surface area contributed by atoms with Gasteiger partial charge in [-0.25, -0.2) is 0 Å². The van der Waals surface area contributed by atoms with Crippen molar-refractivity contribution in [2.24, 2.45) is 5.92 Å². The van der Waals surface area contributed by atoms with Crippen molar-refractivity contribution in [2.45, 2.75) is 32.4 Å². The number of likely N-dealkylation sites (tertiary alicyclic amines) is 1. The zero-order valence-electron chi connectivity index (χ0n) is 13.5. The molecule has 0 aliphatic carbocycles. The Morgan fingerprint density at radius 2 is 2.19 bits per heavy atom. The molecule has 1 aromatic rings. The zero-order chi connectivity index (χ0) is 15.6. The van der Waals surface area contributed by atoms with Gasteiger partial charge in [0.25, 0.3) is 5.91 Å². The van der Waals surface area contributed by atoms with Crippen LogP contribution in [0.15, 0.2) is 0 Å². The number of aromatic nitrogens is 3. The largest absolute Gasteiger partial charge is 0.378 e. The molecule has 0 spiro atoms. The number of carbonyl (C=O) groups excluding carboxylic acids is 1. The van der Waals surface area contributed by atoms with Crippen molar-refractivity contribution in [3.8, 4) is 0 Å². The SMILES string of the molecule is COCc1n[nH]nc1C(=O)N1CC(CN(C)C)CC1(C)C. The van der Waals surface area contributed by atoms with Gasteiger partial charge < -0.3 is 14.5 Å². The monoisotopic (exact) mass is 295 g/mol. The highest BCUT2D eigenvalue weighted by molar-refractivity contribution is 5.94. The Kier molecular flexibility index (Phi) is 4.63. The van der Waals surface area contributed by atoms with E-state index in [0.717, 1.165) is 19.5 Å². The molecule has 2 heterocycles. The van der Waals surface area contributed by atoms with Gasteiger partial charge in [0.15, 0.2) is 5.69 Å². The molecule has 1 aliphatic heterocycles. The van der Waals surface area contributed by atoms with Crippen LogP contribution in [0.2, 0.25) is 0 Å². The molecule has 118 valence electrons. The lowest BCUT2D eigenvalue weighted by atomic mass is 9.96. The molecule has 0 aromatic carbocycles. The minimum atomic E-state index is -0.166. The first-order valence-corrected chi connectivity index (χ1v) is 7.20. The second kappa shape index (κ2) is 6.11. The summed E-state index contributed by atoms with van der Waals surface area (Å²) in [5.41, 5.74) is 0.769. The zero-order valence-corrected chi connectivity index (χ0v) is 13.5. The summed E-state index contributed by atoms with van der Waals surface area (Å²) in [6.45, 7) is 6.24. The summed E-state index contributed by atoms with van der Waals surface area (Å²) in [5.74, 6) is 0.416. The fraction of sp³-hybridized carbons (Fsp3) is 0.786. The number of rotatable bonds is 5. The Morgan fingerprint density at radius 3 is 2.81 bits per heavy atom. The minimum absolute atomic E-state index is 0.0675. The number of hydrogen-bond donors (Lipinski definition) is 1. The van der Waals surface area contributed by atoms with Crippen LogP contribution in [-0.4, -0.2) is 71.0 Å². The molecule has 0 radical (unpaired) electrons. The van der Waals surface area contributed by atoms with E-state index in [0.29, 0.717) is 17.3 Å². The molecule has 0 bridgehead atoms. The number of nitrogens with one attached hydrogen (secondary N) is 1. The average Bonchev–Trinajstić information content (AvgIpc) is 2.92. The van der Waals surface area contributed by atoms with Crippen molar-refractivity contribution in [2.75, 3.05) is 34.3 Å². The fourth-order valence-corrected chi connectivity index (χ4v) is 3.17. The predicted octanol–water partition coefficient (Wildman–Crippen LogP) is 0.753. The standard InChI is InChI=1S/C14H25N5O2/c1-14(2)6-10(7-18(3)4)8-19(14)13(20)12-11(9-21-5)15-17-16-12/h10H,6-9H2,1-5H3,(H,15,16,17). The molecule has 1 N–H and O–H groups in total. The van der Waals surface area contributed by atoms with Crippen LogP contribution in [0.1, 0.15) is 36.5 Å². The van der Waals surface area contributed by atoms with Gasteiger partial charge in [-0.05, 0) is 40.3 Å². The van der Waals surface area contributed by atoms with Gasteiger partial charge >= 0.3 is 0 Å². The number of hydrogen-bond acceptors (Lipinski definition) is 5. The summed E-state index contributed by atoms with van der Waals surface area (Å²) in [6, 6.07) is 0. The van der Waals surface area contributed by atoms with Crippen LogP contribution in [0.25, 0.3) is 0 Å². The van der Waals surface area contributed by atoms with Crippen molar-refractivity contribution >= 4 is 5.91 Å². The third-order valence-electron chi connectivity index (χ3n) is 3.93. The van der Waals surface area contributed by atoms with Crippen LogP contribution in [0.4, 0.5) is 0 Å². The maximum atomic E-state index is 12.8. The van der Waals surface area contributed by atoms with E-state index in [1.165, 1.54) is 0 Å². The number of H-pyrrole nitrogens is 1. The minimum Gasteiger partial charge on any atom is -0.378 e. The summed E-state index contributed by atoms with van der Waals surface area (Å²) >= 11 is 0. The highest BCUT2D eigenvalue weighted by atomic mass is 16.5. The van der Waals surface area contributed by atoms with Crippen LogP contribution < -0.4 is 0 Å². The van der Waals surface area contributed by atoms with Gasteiger partial charge in [-0.2, -0.15) is 15.4 Å². The molecular weight excluding hydrogens is 270 g/mol. The highest BCUT2D eigenvalue weighted by Crippen LogP contribution is 2.34. The van der Waals surface area contributed by atoms with Gasteiger partial charge in [0.05, 0.1) is 6.61 Å². The first-order chi connectivity index (χ1) is 9.85. The highest BCUT2D eigenvalue weighted by Gasteiger charge is 2.42. The maximum Gasteiger partial charge on any atom is 0.276 e. The van der Waals surface area contributed by atoms with E-state index >= 15 is 0 Å². The van der Waals surface area contributed by atoms with Gasteiger partial charge in [0.2, 0.25) is 0 Å². The molecule has 1 amide bonds. The Morgan fingerprint density at radius 1 is 1.48 bits per heavy atom. The van der Waals surface area contributed by atoms with Crippen LogP contribution in [0, 0.1) is 5.92 Å². The Bertz CT molecular complexity index is 497. The number of nitrogens with zero attached hydrogens (tertiary/aromatic N) is 4. The molecule has 7 nitrogen and oxygen atoms in total. The number of amides is 1. The van der Waals surface area contributed by atoms with Crippen molar-refractivity contribution in [1.82, 2.24) is 25.2 Å². The molecule has 1 aromatic heterocycles. The summed E-state index contributed by atoms with van der Waals surface area (Å²) in [6.07, 6.45) is 0.994. The van der Waals surface area contributed by atoms with E-state index in [9.17, 15) is 4.79 Å². The smallest absolute Gasteiger partial charge is 0.276 e. The Labute approximate surface area is 125 Å². The molecule has 2 rings (SSSR count). The average molecular weight is 295 g/mol. The molecular formula is C14H25N5O2.